The Balaban J connectivity index is 0.000000310. The van der Waals surface area contributed by atoms with Crippen molar-refractivity contribution in [2.75, 3.05) is 6.61 Å². The van der Waals surface area contributed by atoms with Crippen molar-refractivity contribution in [1.82, 2.24) is 0 Å². The Bertz CT molecular complexity index is 169. The molecule has 0 aromatic rings. The molecule has 1 aliphatic rings. The van der Waals surface area contributed by atoms with Gasteiger partial charge in [0.15, 0.2) is 5.78 Å². The van der Waals surface area contributed by atoms with Gasteiger partial charge in [-0.2, -0.15) is 0 Å². The van der Waals surface area contributed by atoms with Gasteiger partial charge in [-0.25, -0.2) is 0 Å². The number of epoxide rings is 1. The van der Waals surface area contributed by atoms with Crippen molar-refractivity contribution in [2.24, 2.45) is 11.7 Å². The number of ether oxygens (including phenoxy) is 1. The first-order valence-corrected chi connectivity index (χ1v) is 4.73. The molecule has 1 rings (SSSR count). The fraction of sp³-hybridized carbons (Fsp3) is 0.900. The number of Topliss-reactive ketones (excluding diaryl/α,β-unsaturated/α-hetero) is 1. The molecule has 0 spiro atoms. The fourth-order valence-corrected chi connectivity index (χ4v) is 0.732. The topological polar surface area (TPSA) is 55.6 Å². The van der Waals surface area contributed by atoms with Crippen LogP contribution >= 0.6 is 0 Å². The molecule has 0 amide bonds. The van der Waals surface area contributed by atoms with Crippen LogP contribution < -0.4 is 5.73 Å². The van der Waals surface area contributed by atoms with E-state index in [0.29, 0.717) is 6.61 Å². The maximum atomic E-state index is 11.0. The molecule has 0 bridgehead atoms. The molecule has 2 atom stereocenters. The zero-order valence-electron chi connectivity index (χ0n) is 9.26. The molecule has 2 unspecified atom stereocenters. The zero-order chi connectivity index (χ0) is 10.6. The summed E-state index contributed by atoms with van der Waals surface area (Å²) in [6.45, 7) is 10.5. The second kappa shape index (κ2) is 4.72. The van der Waals surface area contributed by atoms with Crippen molar-refractivity contribution in [3.63, 3.8) is 0 Å². The van der Waals surface area contributed by atoms with Gasteiger partial charge in [-0.3, -0.25) is 4.79 Å². The summed E-state index contributed by atoms with van der Waals surface area (Å²) >= 11 is 0. The maximum Gasteiger partial charge on any atom is 0.183 e. The summed E-state index contributed by atoms with van der Waals surface area (Å²) in [6.07, 6.45) is 0. The molecule has 0 aliphatic carbocycles. The summed E-state index contributed by atoms with van der Waals surface area (Å²) < 4.78 is 4.89. The van der Waals surface area contributed by atoms with E-state index >= 15 is 0 Å². The van der Waals surface area contributed by atoms with Gasteiger partial charge in [0.1, 0.15) is 5.60 Å². The Morgan fingerprint density at radius 2 is 1.69 bits per heavy atom. The molecule has 0 aromatic carbocycles. The third kappa shape index (κ3) is 5.01. The largest absolute Gasteiger partial charge is 0.362 e. The summed E-state index contributed by atoms with van der Waals surface area (Å²) in [5.74, 6) is 0.836. The zero-order valence-corrected chi connectivity index (χ0v) is 9.26. The highest BCUT2D eigenvalue weighted by atomic mass is 16.6. The Labute approximate surface area is 80.6 Å². The van der Waals surface area contributed by atoms with Crippen molar-refractivity contribution >= 4 is 5.78 Å². The van der Waals surface area contributed by atoms with Crippen LogP contribution in [0.5, 0.6) is 0 Å². The van der Waals surface area contributed by atoms with Crippen molar-refractivity contribution in [1.29, 1.82) is 0 Å². The lowest BCUT2D eigenvalue weighted by Gasteiger charge is -2.05. The van der Waals surface area contributed by atoms with Gasteiger partial charge < -0.3 is 10.5 Å². The molecule has 78 valence electrons. The summed E-state index contributed by atoms with van der Waals surface area (Å²) in [4.78, 5) is 11.0. The highest BCUT2D eigenvalue weighted by molar-refractivity contribution is 5.93. The molecular weight excluding hydrogens is 166 g/mol. The minimum atomic E-state index is -0.534. The van der Waals surface area contributed by atoms with E-state index in [9.17, 15) is 4.79 Å². The average Bonchev–Trinajstić information content (AvgIpc) is 2.66. The van der Waals surface area contributed by atoms with E-state index in [2.05, 4.69) is 20.8 Å². The molecule has 0 saturated carbocycles. The van der Waals surface area contributed by atoms with Gasteiger partial charge in [0, 0.05) is 0 Å². The number of carbonyl (C=O) groups excluding carboxylic acids is 1. The molecule has 1 fully saturated rings. The summed E-state index contributed by atoms with van der Waals surface area (Å²) in [6, 6.07) is -0.391. The van der Waals surface area contributed by atoms with E-state index in [1.165, 1.54) is 0 Å². The molecule has 1 aliphatic heterocycles. The van der Waals surface area contributed by atoms with Gasteiger partial charge in [-0.15, -0.1) is 0 Å². The van der Waals surface area contributed by atoms with Crippen molar-refractivity contribution in [3.8, 4) is 0 Å². The second-order valence-corrected chi connectivity index (χ2v) is 4.40. The van der Waals surface area contributed by atoms with E-state index in [1.54, 1.807) is 13.8 Å². The first-order valence-electron chi connectivity index (χ1n) is 4.73. The van der Waals surface area contributed by atoms with E-state index in [4.69, 9.17) is 10.5 Å². The van der Waals surface area contributed by atoms with Crippen LogP contribution in [-0.4, -0.2) is 24.0 Å². The first kappa shape index (κ1) is 12.6. The highest BCUT2D eigenvalue weighted by Gasteiger charge is 2.47. The number of carbonyl (C=O) groups is 1. The molecule has 3 heteroatoms. The van der Waals surface area contributed by atoms with E-state index in [1.807, 2.05) is 0 Å². The maximum absolute atomic E-state index is 11.0. The highest BCUT2D eigenvalue weighted by Crippen LogP contribution is 2.27. The Kier molecular flexibility index (Phi) is 4.57. The Morgan fingerprint density at radius 3 is 1.77 bits per heavy atom. The lowest BCUT2D eigenvalue weighted by molar-refractivity contribution is -0.124. The molecule has 2 N–H and O–H groups in total. The first-order chi connectivity index (χ1) is 5.79. The van der Waals surface area contributed by atoms with Crippen LogP contribution in [0, 0.1) is 5.92 Å². The Morgan fingerprint density at radius 1 is 1.38 bits per heavy atom. The van der Waals surface area contributed by atoms with Gasteiger partial charge in [0.05, 0.1) is 12.6 Å². The second-order valence-electron chi connectivity index (χ2n) is 4.40. The van der Waals surface area contributed by atoms with Gasteiger partial charge in [0.2, 0.25) is 0 Å². The van der Waals surface area contributed by atoms with Crippen LogP contribution in [-0.2, 0) is 9.53 Å². The minimum Gasteiger partial charge on any atom is -0.362 e. The molecule has 13 heavy (non-hydrogen) atoms. The Hall–Kier alpha value is -0.410. The van der Waals surface area contributed by atoms with Crippen LogP contribution in [0.1, 0.15) is 34.6 Å². The standard InChI is InChI=1S/C6H11NO2.C4H10/c1-4(7)5(8)6(2)3-9-6;1-4(2)3/h4H,3,7H2,1-2H3;4H,1-3H3. The monoisotopic (exact) mass is 187 g/mol. The molecule has 1 saturated heterocycles. The summed E-state index contributed by atoms with van der Waals surface area (Å²) in [5, 5.41) is 0. The minimum absolute atomic E-state index is 0.00231. The third-order valence-electron chi connectivity index (χ3n) is 1.51. The van der Waals surface area contributed by atoms with E-state index in [-0.39, 0.29) is 5.78 Å². The lowest BCUT2D eigenvalue weighted by atomic mass is 10.0. The number of ketones is 1. The third-order valence-corrected chi connectivity index (χ3v) is 1.51. The van der Waals surface area contributed by atoms with E-state index < -0.39 is 11.6 Å². The van der Waals surface area contributed by atoms with Gasteiger partial charge >= 0.3 is 0 Å². The molecular formula is C10H21NO2. The number of rotatable bonds is 2. The smallest absolute Gasteiger partial charge is 0.183 e. The molecule has 0 aromatic heterocycles. The van der Waals surface area contributed by atoms with Crippen LogP contribution in [0.2, 0.25) is 0 Å². The number of hydrogen-bond acceptors (Lipinski definition) is 3. The normalized spacial score (nSPS) is 27.6. The van der Waals surface area contributed by atoms with Crippen LogP contribution in [0.4, 0.5) is 0 Å². The van der Waals surface area contributed by atoms with Gasteiger partial charge in [-0.1, -0.05) is 20.8 Å². The number of nitrogens with two attached hydrogens (primary N) is 1. The molecule has 0 radical (unpaired) electrons. The van der Waals surface area contributed by atoms with Crippen molar-refractivity contribution < 1.29 is 9.53 Å². The molecule has 3 nitrogen and oxygen atoms in total. The molecule has 1 heterocycles. The summed E-state index contributed by atoms with van der Waals surface area (Å²) in [7, 11) is 0. The average molecular weight is 187 g/mol. The van der Waals surface area contributed by atoms with E-state index in [0.717, 1.165) is 5.92 Å². The predicted octanol–water partition coefficient (Wildman–Crippen LogP) is 1.35. The lowest BCUT2D eigenvalue weighted by Crippen LogP contribution is -2.36. The van der Waals surface area contributed by atoms with Crippen LogP contribution in [0.3, 0.4) is 0 Å². The van der Waals surface area contributed by atoms with Gasteiger partial charge in [-0.05, 0) is 19.8 Å². The van der Waals surface area contributed by atoms with Crippen molar-refractivity contribution in [2.45, 2.75) is 46.3 Å². The fourth-order valence-electron chi connectivity index (χ4n) is 0.732. The van der Waals surface area contributed by atoms with Crippen molar-refractivity contribution in [3.05, 3.63) is 0 Å². The van der Waals surface area contributed by atoms with Crippen LogP contribution in [0.15, 0.2) is 0 Å². The van der Waals surface area contributed by atoms with Gasteiger partial charge in [0.25, 0.3) is 0 Å². The predicted molar refractivity (Wildman–Crippen MR) is 53.5 cm³/mol. The van der Waals surface area contributed by atoms with Crippen LogP contribution in [0.25, 0.3) is 0 Å². The quantitative estimate of drug-likeness (QED) is 0.664. The SMILES string of the molecule is CC(C)C.CC(N)C(=O)C1(C)CO1. The number of hydrogen-bond donors (Lipinski definition) is 1. The summed E-state index contributed by atoms with van der Waals surface area (Å²) in [5.41, 5.74) is 4.80.